The zero-order valence-electron chi connectivity index (χ0n) is 11.1. The predicted molar refractivity (Wildman–Crippen MR) is 68.8 cm³/mol. The third kappa shape index (κ3) is 2.76. The zero-order chi connectivity index (χ0) is 11.6. The second kappa shape index (κ2) is 5.03. The van der Waals surface area contributed by atoms with E-state index in [-0.39, 0.29) is 0 Å². The molecule has 1 saturated heterocycles. The summed E-state index contributed by atoms with van der Waals surface area (Å²) in [4.78, 5) is 5.21. The van der Waals surface area contributed by atoms with Gasteiger partial charge in [0.1, 0.15) is 0 Å². The van der Waals surface area contributed by atoms with Crippen molar-refractivity contribution in [2.75, 3.05) is 39.8 Å². The highest BCUT2D eigenvalue weighted by molar-refractivity contribution is 4.90. The molecule has 2 rings (SSSR count). The summed E-state index contributed by atoms with van der Waals surface area (Å²) in [7, 11) is 2.30. The maximum absolute atomic E-state index is 3.43. The highest BCUT2D eigenvalue weighted by atomic mass is 15.3. The first-order valence-electron chi connectivity index (χ1n) is 6.75. The Bertz CT molecular complexity index is 217. The normalized spacial score (nSPS) is 24.8. The molecule has 0 aromatic rings. The van der Waals surface area contributed by atoms with Crippen molar-refractivity contribution in [1.29, 1.82) is 0 Å². The Morgan fingerprint density at radius 1 is 1.25 bits per heavy atom. The van der Waals surface area contributed by atoms with Crippen LogP contribution in [0.5, 0.6) is 0 Å². The molecule has 0 amide bonds. The Balaban J connectivity index is 1.84. The van der Waals surface area contributed by atoms with Gasteiger partial charge < -0.3 is 10.2 Å². The molecular formula is C13H27N3. The van der Waals surface area contributed by atoms with Gasteiger partial charge in [-0.05, 0) is 33.7 Å². The molecule has 0 radical (unpaired) electrons. The van der Waals surface area contributed by atoms with Gasteiger partial charge in [-0.25, -0.2) is 0 Å². The molecule has 0 aromatic carbocycles. The average Bonchev–Trinajstić information content (AvgIpc) is 2.15. The summed E-state index contributed by atoms with van der Waals surface area (Å²) < 4.78 is 0. The fraction of sp³-hybridized carbons (Fsp3) is 1.00. The molecule has 3 nitrogen and oxygen atoms in total. The van der Waals surface area contributed by atoms with E-state index in [0.29, 0.717) is 5.54 Å². The lowest BCUT2D eigenvalue weighted by atomic mass is 9.90. The van der Waals surface area contributed by atoms with Crippen molar-refractivity contribution in [1.82, 2.24) is 15.1 Å². The van der Waals surface area contributed by atoms with E-state index in [0.717, 1.165) is 19.1 Å². The average molecular weight is 225 g/mol. The van der Waals surface area contributed by atoms with Crippen LogP contribution in [0.3, 0.4) is 0 Å². The van der Waals surface area contributed by atoms with Gasteiger partial charge in [0.15, 0.2) is 0 Å². The number of hydrogen-bond acceptors (Lipinski definition) is 3. The van der Waals surface area contributed by atoms with Crippen molar-refractivity contribution < 1.29 is 0 Å². The van der Waals surface area contributed by atoms with Gasteiger partial charge in [-0.2, -0.15) is 0 Å². The molecule has 0 bridgehead atoms. The number of nitrogens with zero attached hydrogens (tertiary/aromatic N) is 2. The molecule has 2 fully saturated rings. The lowest BCUT2D eigenvalue weighted by Gasteiger charge is -2.46. The predicted octanol–water partition coefficient (Wildman–Crippen LogP) is 1.15. The van der Waals surface area contributed by atoms with Crippen LogP contribution >= 0.6 is 0 Å². The molecular weight excluding hydrogens is 198 g/mol. The highest BCUT2D eigenvalue weighted by Gasteiger charge is 2.32. The van der Waals surface area contributed by atoms with Gasteiger partial charge in [0.05, 0.1) is 0 Å². The Morgan fingerprint density at radius 2 is 1.88 bits per heavy atom. The molecule has 0 aromatic heterocycles. The number of nitrogens with one attached hydrogen (secondary N) is 1. The molecule has 1 N–H and O–H groups in total. The van der Waals surface area contributed by atoms with Crippen LogP contribution in [0.15, 0.2) is 0 Å². The first-order chi connectivity index (χ1) is 7.59. The number of rotatable bonds is 4. The highest BCUT2D eigenvalue weighted by Crippen LogP contribution is 2.26. The van der Waals surface area contributed by atoms with Crippen LogP contribution in [0.2, 0.25) is 0 Å². The minimum Gasteiger partial charge on any atom is -0.314 e. The lowest BCUT2D eigenvalue weighted by molar-refractivity contribution is 0.0426. The summed E-state index contributed by atoms with van der Waals surface area (Å²) in [6.45, 7) is 10.7. The van der Waals surface area contributed by atoms with Crippen molar-refractivity contribution in [2.45, 2.75) is 44.7 Å². The summed E-state index contributed by atoms with van der Waals surface area (Å²) in [5, 5.41) is 3.43. The smallest absolute Gasteiger partial charge is 0.0281 e. The third-order valence-electron chi connectivity index (χ3n) is 4.31. The summed E-state index contributed by atoms with van der Waals surface area (Å²) in [5.74, 6) is 0. The quantitative estimate of drug-likeness (QED) is 0.774. The molecule has 0 spiro atoms. The fourth-order valence-electron chi connectivity index (χ4n) is 2.94. The number of piperazine rings is 1. The van der Waals surface area contributed by atoms with E-state index < -0.39 is 0 Å². The van der Waals surface area contributed by atoms with Crippen LogP contribution in [0.1, 0.15) is 33.1 Å². The van der Waals surface area contributed by atoms with Crippen molar-refractivity contribution in [3.8, 4) is 0 Å². The molecule has 1 heterocycles. The van der Waals surface area contributed by atoms with Gasteiger partial charge in [-0.3, -0.25) is 4.90 Å². The Morgan fingerprint density at radius 3 is 2.38 bits per heavy atom. The van der Waals surface area contributed by atoms with Crippen molar-refractivity contribution in [3.63, 3.8) is 0 Å². The zero-order valence-corrected chi connectivity index (χ0v) is 11.1. The first-order valence-corrected chi connectivity index (χ1v) is 6.75. The van der Waals surface area contributed by atoms with Crippen LogP contribution in [0.4, 0.5) is 0 Å². The van der Waals surface area contributed by atoms with Crippen LogP contribution in [-0.2, 0) is 0 Å². The van der Waals surface area contributed by atoms with Crippen LogP contribution in [0, 0.1) is 0 Å². The second-order valence-corrected chi connectivity index (χ2v) is 6.05. The minimum absolute atomic E-state index is 0.326. The maximum atomic E-state index is 3.43. The Labute approximate surface area is 100 Å². The first kappa shape index (κ1) is 12.3. The summed E-state index contributed by atoms with van der Waals surface area (Å²) >= 11 is 0. The second-order valence-electron chi connectivity index (χ2n) is 6.05. The molecule has 16 heavy (non-hydrogen) atoms. The lowest BCUT2D eigenvalue weighted by Crippen LogP contribution is -2.58. The Hall–Kier alpha value is -0.120. The van der Waals surface area contributed by atoms with Gasteiger partial charge in [0.25, 0.3) is 0 Å². The van der Waals surface area contributed by atoms with Gasteiger partial charge in [0, 0.05) is 44.3 Å². The molecule has 94 valence electrons. The Kier molecular flexibility index (Phi) is 3.88. The van der Waals surface area contributed by atoms with Crippen LogP contribution < -0.4 is 5.32 Å². The van der Waals surface area contributed by atoms with Gasteiger partial charge >= 0.3 is 0 Å². The third-order valence-corrected chi connectivity index (χ3v) is 4.31. The van der Waals surface area contributed by atoms with Gasteiger partial charge in [0.2, 0.25) is 0 Å². The van der Waals surface area contributed by atoms with Gasteiger partial charge in [-0.15, -0.1) is 0 Å². The van der Waals surface area contributed by atoms with Crippen LogP contribution in [-0.4, -0.2) is 61.2 Å². The van der Waals surface area contributed by atoms with E-state index in [2.05, 4.69) is 36.0 Å². The minimum atomic E-state index is 0.326. The van der Waals surface area contributed by atoms with Crippen molar-refractivity contribution in [3.05, 3.63) is 0 Å². The van der Waals surface area contributed by atoms with E-state index in [1.54, 1.807) is 0 Å². The molecule has 3 heteroatoms. The monoisotopic (exact) mass is 225 g/mol. The summed E-state index contributed by atoms with van der Waals surface area (Å²) in [5.41, 5.74) is 0.326. The number of likely N-dealkylation sites (N-methyl/N-ethyl adjacent to an activating group) is 1. The van der Waals surface area contributed by atoms with Crippen molar-refractivity contribution in [2.24, 2.45) is 0 Å². The molecule has 1 aliphatic heterocycles. The van der Waals surface area contributed by atoms with Crippen molar-refractivity contribution >= 4 is 0 Å². The largest absolute Gasteiger partial charge is 0.314 e. The van der Waals surface area contributed by atoms with Gasteiger partial charge in [-0.1, -0.05) is 6.42 Å². The topological polar surface area (TPSA) is 18.5 Å². The summed E-state index contributed by atoms with van der Waals surface area (Å²) in [6, 6.07) is 0.863. The molecule has 1 saturated carbocycles. The SMILES string of the molecule is CN(CC(C)(C)N1CCNCC1)C1CCC1. The number of hydrogen-bond donors (Lipinski definition) is 1. The molecule has 1 aliphatic carbocycles. The molecule has 0 unspecified atom stereocenters. The van der Waals surface area contributed by atoms with E-state index in [1.165, 1.54) is 38.9 Å². The van der Waals surface area contributed by atoms with E-state index in [4.69, 9.17) is 0 Å². The molecule has 2 aliphatic rings. The molecule has 0 atom stereocenters. The van der Waals surface area contributed by atoms with Crippen LogP contribution in [0.25, 0.3) is 0 Å². The fourth-order valence-corrected chi connectivity index (χ4v) is 2.94. The van der Waals surface area contributed by atoms with E-state index in [1.807, 2.05) is 0 Å². The van der Waals surface area contributed by atoms with E-state index in [9.17, 15) is 0 Å². The summed E-state index contributed by atoms with van der Waals surface area (Å²) in [6.07, 6.45) is 4.26. The standard InChI is InChI=1S/C13H27N3/c1-13(2,16-9-7-14-8-10-16)11-15(3)12-5-4-6-12/h12,14H,4-11H2,1-3H3. The van der Waals surface area contributed by atoms with E-state index >= 15 is 0 Å². The maximum Gasteiger partial charge on any atom is 0.0281 e.